The van der Waals surface area contributed by atoms with Crippen molar-refractivity contribution in [1.29, 1.82) is 0 Å². The molecular weight excluding hydrogens is 228 g/mol. The van der Waals surface area contributed by atoms with E-state index in [1.165, 1.54) is 19.4 Å². The predicted octanol–water partition coefficient (Wildman–Crippen LogP) is 1.81. The number of carbonyl (C=O) groups excluding carboxylic acids is 1. The van der Waals surface area contributed by atoms with Gasteiger partial charge >= 0.3 is 5.97 Å². The van der Waals surface area contributed by atoms with Crippen molar-refractivity contribution in [2.45, 2.75) is 45.4 Å². The van der Waals surface area contributed by atoms with Crippen LogP contribution in [0.2, 0.25) is 0 Å². The minimum Gasteiger partial charge on any atom is -0.466 e. The summed E-state index contributed by atoms with van der Waals surface area (Å²) in [5.41, 5.74) is 0. The SMILES string of the molecule is CCCOC(=O)CCCCCCN1CC[N]CC1. The van der Waals surface area contributed by atoms with Gasteiger partial charge < -0.3 is 9.64 Å². The second kappa shape index (κ2) is 10.3. The molecular formula is C14H27N2O2. The summed E-state index contributed by atoms with van der Waals surface area (Å²) in [6.45, 7) is 8.04. The number of unbranched alkanes of at least 4 members (excludes halogenated alkanes) is 3. The van der Waals surface area contributed by atoms with Gasteiger partial charge in [-0.25, -0.2) is 5.32 Å². The average molecular weight is 255 g/mol. The lowest BCUT2D eigenvalue weighted by molar-refractivity contribution is -0.143. The maximum atomic E-state index is 11.2. The van der Waals surface area contributed by atoms with Gasteiger partial charge in [0.15, 0.2) is 0 Å². The molecule has 0 amide bonds. The van der Waals surface area contributed by atoms with Gasteiger partial charge in [-0.3, -0.25) is 4.79 Å². The van der Waals surface area contributed by atoms with Gasteiger partial charge in [0.25, 0.3) is 0 Å². The lowest BCUT2D eigenvalue weighted by Gasteiger charge is -2.26. The summed E-state index contributed by atoms with van der Waals surface area (Å²) in [5.74, 6) is -0.0329. The van der Waals surface area contributed by atoms with E-state index in [1.54, 1.807) is 0 Å². The van der Waals surface area contributed by atoms with Crippen molar-refractivity contribution < 1.29 is 9.53 Å². The Morgan fingerprint density at radius 2 is 1.89 bits per heavy atom. The second-order valence-electron chi connectivity index (χ2n) is 4.90. The molecule has 0 aromatic carbocycles. The monoisotopic (exact) mass is 255 g/mol. The molecule has 18 heavy (non-hydrogen) atoms. The van der Waals surface area contributed by atoms with Crippen molar-refractivity contribution >= 4 is 5.97 Å². The fourth-order valence-electron chi connectivity index (χ4n) is 2.12. The van der Waals surface area contributed by atoms with E-state index in [0.29, 0.717) is 13.0 Å². The van der Waals surface area contributed by atoms with Crippen LogP contribution in [0.3, 0.4) is 0 Å². The molecule has 1 aliphatic rings. The summed E-state index contributed by atoms with van der Waals surface area (Å²) in [7, 11) is 0. The molecule has 0 unspecified atom stereocenters. The summed E-state index contributed by atoms with van der Waals surface area (Å²) in [6.07, 6.45) is 6.06. The molecule has 1 heterocycles. The zero-order valence-corrected chi connectivity index (χ0v) is 11.7. The van der Waals surface area contributed by atoms with Crippen LogP contribution in [0.15, 0.2) is 0 Å². The Bertz CT molecular complexity index is 216. The first-order chi connectivity index (χ1) is 8.83. The van der Waals surface area contributed by atoms with Crippen LogP contribution in [0, 0.1) is 0 Å². The lowest BCUT2D eigenvalue weighted by atomic mass is 10.1. The molecule has 1 aliphatic heterocycles. The van der Waals surface area contributed by atoms with E-state index >= 15 is 0 Å². The number of hydrogen-bond donors (Lipinski definition) is 0. The molecule has 1 rings (SSSR count). The third-order valence-corrected chi connectivity index (χ3v) is 3.22. The first-order valence-corrected chi connectivity index (χ1v) is 7.34. The highest BCUT2D eigenvalue weighted by Gasteiger charge is 2.09. The van der Waals surface area contributed by atoms with Gasteiger partial charge in [-0.15, -0.1) is 0 Å². The van der Waals surface area contributed by atoms with Gasteiger partial charge in [0.1, 0.15) is 0 Å². The fraction of sp³-hybridized carbons (Fsp3) is 0.929. The molecule has 4 nitrogen and oxygen atoms in total. The number of piperazine rings is 1. The van der Waals surface area contributed by atoms with Crippen molar-refractivity contribution in [2.75, 3.05) is 39.3 Å². The number of carbonyl (C=O) groups is 1. The molecule has 1 saturated heterocycles. The standard InChI is InChI=1S/C14H27N2O2/c1-2-13-18-14(17)7-5-3-4-6-10-16-11-8-15-9-12-16/h2-13H2,1H3. The molecule has 1 fully saturated rings. The first kappa shape index (κ1) is 15.4. The van der Waals surface area contributed by atoms with Crippen LogP contribution >= 0.6 is 0 Å². The van der Waals surface area contributed by atoms with Crippen molar-refractivity contribution in [3.8, 4) is 0 Å². The second-order valence-corrected chi connectivity index (χ2v) is 4.90. The third-order valence-electron chi connectivity index (χ3n) is 3.22. The van der Waals surface area contributed by atoms with Gasteiger partial charge in [-0.2, -0.15) is 0 Å². The van der Waals surface area contributed by atoms with Crippen molar-refractivity contribution in [2.24, 2.45) is 0 Å². The van der Waals surface area contributed by atoms with E-state index < -0.39 is 0 Å². The van der Waals surface area contributed by atoms with Crippen LogP contribution in [0.1, 0.15) is 45.4 Å². The highest BCUT2D eigenvalue weighted by Crippen LogP contribution is 2.06. The molecule has 4 heteroatoms. The van der Waals surface area contributed by atoms with Crippen LogP contribution in [-0.2, 0) is 9.53 Å². The molecule has 105 valence electrons. The van der Waals surface area contributed by atoms with Crippen LogP contribution in [0.4, 0.5) is 0 Å². The maximum absolute atomic E-state index is 11.2. The molecule has 0 saturated carbocycles. The molecule has 0 aromatic rings. The molecule has 0 aromatic heterocycles. The summed E-state index contributed by atoms with van der Waals surface area (Å²) in [6, 6.07) is 0. The number of hydrogen-bond acceptors (Lipinski definition) is 3. The topological polar surface area (TPSA) is 43.6 Å². The van der Waals surface area contributed by atoms with Crippen LogP contribution < -0.4 is 5.32 Å². The van der Waals surface area contributed by atoms with Crippen molar-refractivity contribution in [3.05, 3.63) is 0 Å². The fourth-order valence-corrected chi connectivity index (χ4v) is 2.12. The third kappa shape index (κ3) is 7.67. The molecule has 0 spiro atoms. The van der Waals surface area contributed by atoms with Gasteiger partial charge in [-0.05, 0) is 25.8 Å². The molecule has 0 atom stereocenters. The van der Waals surface area contributed by atoms with Crippen LogP contribution in [0.5, 0.6) is 0 Å². The maximum Gasteiger partial charge on any atom is 0.305 e. The van der Waals surface area contributed by atoms with Gasteiger partial charge in [0.2, 0.25) is 0 Å². The van der Waals surface area contributed by atoms with Crippen molar-refractivity contribution in [1.82, 2.24) is 10.2 Å². The number of rotatable bonds is 9. The highest BCUT2D eigenvalue weighted by molar-refractivity contribution is 5.69. The van der Waals surface area contributed by atoms with Crippen LogP contribution in [0.25, 0.3) is 0 Å². The minimum atomic E-state index is -0.0329. The Morgan fingerprint density at radius 3 is 2.61 bits per heavy atom. The Morgan fingerprint density at radius 1 is 1.17 bits per heavy atom. The Kier molecular flexibility index (Phi) is 8.86. The number of esters is 1. The van der Waals surface area contributed by atoms with Gasteiger partial charge in [0, 0.05) is 32.6 Å². The Balaban J connectivity index is 1.84. The zero-order chi connectivity index (χ0) is 13.1. The molecule has 0 N–H and O–H groups in total. The normalized spacial score (nSPS) is 16.7. The Labute approximate surface area is 111 Å². The molecule has 0 bridgehead atoms. The number of ether oxygens (including phenoxy) is 1. The van der Waals surface area contributed by atoms with Crippen LogP contribution in [-0.4, -0.2) is 50.2 Å². The van der Waals surface area contributed by atoms with Gasteiger partial charge in [-0.1, -0.05) is 19.8 Å². The quantitative estimate of drug-likeness (QED) is 0.466. The Hall–Kier alpha value is -0.610. The van der Waals surface area contributed by atoms with Gasteiger partial charge in [0.05, 0.1) is 6.61 Å². The molecule has 1 radical (unpaired) electrons. The van der Waals surface area contributed by atoms with E-state index in [0.717, 1.165) is 45.4 Å². The number of nitrogens with zero attached hydrogens (tertiary/aromatic N) is 2. The average Bonchev–Trinajstić information content (AvgIpc) is 2.41. The first-order valence-electron chi connectivity index (χ1n) is 7.34. The summed E-state index contributed by atoms with van der Waals surface area (Å²) in [5, 5.41) is 4.34. The zero-order valence-electron chi connectivity index (χ0n) is 11.7. The smallest absolute Gasteiger partial charge is 0.305 e. The van der Waals surface area contributed by atoms with E-state index in [9.17, 15) is 4.79 Å². The summed E-state index contributed by atoms with van der Waals surface area (Å²) >= 11 is 0. The van der Waals surface area contributed by atoms with E-state index in [4.69, 9.17) is 4.74 Å². The lowest BCUT2D eigenvalue weighted by Crippen LogP contribution is -2.40. The van der Waals surface area contributed by atoms with Crippen molar-refractivity contribution in [3.63, 3.8) is 0 Å². The van der Waals surface area contributed by atoms with E-state index in [1.807, 2.05) is 6.92 Å². The van der Waals surface area contributed by atoms with E-state index in [2.05, 4.69) is 10.2 Å². The summed E-state index contributed by atoms with van der Waals surface area (Å²) in [4.78, 5) is 13.7. The van der Waals surface area contributed by atoms with E-state index in [-0.39, 0.29) is 5.97 Å². The molecule has 0 aliphatic carbocycles. The predicted molar refractivity (Wildman–Crippen MR) is 72.6 cm³/mol. The minimum absolute atomic E-state index is 0.0329. The largest absolute Gasteiger partial charge is 0.466 e. The highest BCUT2D eigenvalue weighted by atomic mass is 16.5. The summed E-state index contributed by atoms with van der Waals surface area (Å²) < 4.78 is 5.04.